The van der Waals surface area contributed by atoms with Crippen LogP contribution in [-0.2, 0) is 0 Å². The number of carbonyl (C=O) groups is 2. The third-order valence-corrected chi connectivity index (χ3v) is 5.90. The van der Waals surface area contributed by atoms with Crippen LogP contribution in [0.3, 0.4) is 0 Å². The second kappa shape index (κ2) is 14.0. The molecule has 0 unspecified atom stereocenters. The molecule has 0 aliphatic rings. The first kappa shape index (κ1) is 30.5. The fourth-order valence-electron chi connectivity index (χ4n) is 3.66. The second-order valence-corrected chi connectivity index (χ2v) is 8.69. The molecule has 0 N–H and O–H groups in total. The zero-order valence-corrected chi connectivity index (χ0v) is 23.1. The van der Waals surface area contributed by atoms with Crippen molar-refractivity contribution in [1.29, 1.82) is 0 Å². The summed E-state index contributed by atoms with van der Waals surface area (Å²) < 4.78 is 20.5. The Bertz CT molecular complexity index is 1640. The van der Waals surface area contributed by atoms with Gasteiger partial charge in [0, 0.05) is 23.3 Å². The van der Waals surface area contributed by atoms with Crippen LogP contribution in [0.15, 0.2) is 95.1 Å². The van der Waals surface area contributed by atoms with E-state index in [9.17, 15) is 29.8 Å². The van der Waals surface area contributed by atoms with Crippen molar-refractivity contribution < 1.29 is 38.4 Å². The lowest BCUT2D eigenvalue weighted by Crippen LogP contribution is -2.10. The van der Waals surface area contributed by atoms with Crippen LogP contribution in [0.5, 0.6) is 23.0 Å². The van der Waals surface area contributed by atoms with Gasteiger partial charge in [-0.25, -0.2) is 9.59 Å². The van der Waals surface area contributed by atoms with Gasteiger partial charge in [0.05, 0.1) is 47.6 Å². The third kappa shape index (κ3) is 7.64. The molecule has 0 atom stereocenters. The molecule has 0 aromatic heterocycles. The largest absolute Gasteiger partial charge is 0.497 e. The van der Waals surface area contributed by atoms with Gasteiger partial charge in [0.1, 0.15) is 11.5 Å². The lowest BCUT2D eigenvalue weighted by atomic mass is 10.2. The number of ether oxygens (including phenoxy) is 4. The number of esters is 2. The van der Waals surface area contributed by atoms with Crippen molar-refractivity contribution in [3.05, 3.63) is 127 Å². The molecule has 0 saturated carbocycles. The topological polar surface area (TPSA) is 182 Å². The highest BCUT2D eigenvalue weighted by molar-refractivity contribution is 5.93. The summed E-state index contributed by atoms with van der Waals surface area (Å²) in [7, 11) is 2.95. The number of methoxy groups -OCH3 is 2. The van der Waals surface area contributed by atoms with E-state index < -0.39 is 33.2 Å². The molecular formula is C30H22N4O10. The van der Waals surface area contributed by atoms with Crippen molar-refractivity contribution in [2.45, 2.75) is 0 Å². The van der Waals surface area contributed by atoms with Crippen molar-refractivity contribution in [2.75, 3.05) is 14.2 Å². The molecule has 0 aliphatic heterocycles. The van der Waals surface area contributed by atoms with Gasteiger partial charge in [-0.2, -0.15) is 10.2 Å². The van der Waals surface area contributed by atoms with E-state index in [1.807, 2.05) is 0 Å². The summed E-state index contributed by atoms with van der Waals surface area (Å²) in [5.74, 6) is -1.07. The number of hydrogen-bond acceptors (Lipinski definition) is 12. The lowest BCUT2D eigenvalue weighted by Gasteiger charge is -2.06. The molecule has 14 nitrogen and oxygen atoms in total. The first-order valence-corrected chi connectivity index (χ1v) is 12.5. The molecule has 0 bridgehead atoms. The molecule has 4 aromatic carbocycles. The zero-order valence-electron chi connectivity index (χ0n) is 23.1. The molecule has 0 radical (unpaired) electrons. The van der Waals surface area contributed by atoms with Gasteiger partial charge in [-0.3, -0.25) is 20.2 Å². The quantitative estimate of drug-likeness (QED) is 0.0711. The zero-order chi connectivity index (χ0) is 31.6. The van der Waals surface area contributed by atoms with Gasteiger partial charge < -0.3 is 18.9 Å². The van der Waals surface area contributed by atoms with Crippen LogP contribution in [0.4, 0.5) is 11.4 Å². The number of rotatable bonds is 11. The minimum atomic E-state index is -0.794. The first-order chi connectivity index (χ1) is 21.2. The maximum atomic E-state index is 12.4. The van der Waals surface area contributed by atoms with E-state index in [0.29, 0.717) is 11.5 Å². The monoisotopic (exact) mass is 598 g/mol. The van der Waals surface area contributed by atoms with E-state index in [1.54, 1.807) is 24.3 Å². The fraction of sp³-hybridized carbons (Fsp3) is 0.0667. The van der Waals surface area contributed by atoms with E-state index in [4.69, 9.17) is 18.9 Å². The standard InChI is InChI=1S/C30H22N4O10/c1-41-23-9-5-21(6-10-23)29(35)43-27-13-3-19(15-25(27)33(37)38)17-31-32-18-20-4-14-28(26(16-20)34(39)40)44-30(36)22-7-11-24(42-2)12-8-22/h3-18H,1-2H3/b31-17+,32-18+. The molecule has 14 heteroatoms. The Labute approximate surface area is 249 Å². The van der Waals surface area contributed by atoms with E-state index in [0.717, 1.165) is 12.1 Å². The number of nitrogens with zero attached hydrogens (tertiary/aromatic N) is 4. The van der Waals surface area contributed by atoms with Crippen molar-refractivity contribution in [2.24, 2.45) is 10.2 Å². The SMILES string of the molecule is COc1ccc(C(=O)Oc2ccc(/C=N/N=C/c3ccc(OC(=O)c4ccc(OC)cc4)c([N+](=O)[O-])c3)cc2[N+](=O)[O-])cc1. The summed E-state index contributed by atoms with van der Waals surface area (Å²) in [4.78, 5) is 46.7. The van der Waals surface area contributed by atoms with Gasteiger partial charge in [0.25, 0.3) is 0 Å². The van der Waals surface area contributed by atoms with Gasteiger partial charge in [0.15, 0.2) is 0 Å². The van der Waals surface area contributed by atoms with Crippen LogP contribution in [-0.4, -0.2) is 48.4 Å². The maximum absolute atomic E-state index is 12.4. The van der Waals surface area contributed by atoms with E-state index >= 15 is 0 Å². The lowest BCUT2D eigenvalue weighted by molar-refractivity contribution is -0.385. The Hall–Kier alpha value is -6.44. The summed E-state index contributed by atoms with van der Waals surface area (Å²) in [5.41, 5.74) is -0.0763. The Morgan fingerprint density at radius 1 is 0.614 bits per heavy atom. The summed E-state index contributed by atoms with van der Waals surface area (Å²) in [5, 5.41) is 30.9. The molecule has 0 aliphatic carbocycles. The Kier molecular flexibility index (Phi) is 9.68. The normalized spacial score (nSPS) is 10.9. The Morgan fingerprint density at radius 3 is 1.30 bits per heavy atom. The smallest absolute Gasteiger partial charge is 0.343 e. The highest BCUT2D eigenvalue weighted by Crippen LogP contribution is 2.30. The molecule has 44 heavy (non-hydrogen) atoms. The van der Waals surface area contributed by atoms with Crippen LogP contribution >= 0.6 is 0 Å². The molecule has 0 heterocycles. The van der Waals surface area contributed by atoms with Crippen molar-refractivity contribution in [1.82, 2.24) is 0 Å². The first-order valence-electron chi connectivity index (χ1n) is 12.5. The maximum Gasteiger partial charge on any atom is 0.343 e. The predicted molar refractivity (Wildman–Crippen MR) is 157 cm³/mol. The van der Waals surface area contributed by atoms with Crippen molar-refractivity contribution in [3.63, 3.8) is 0 Å². The molecule has 0 spiro atoms. The number of carbonyl (C=O) groups excluding carboxylic acids is 2. The van der Waals surface area contributed by atoms with Crippen molar-refractivity contribution >= 4 is 35.7 Å². The highest BCUT2D eigenvalue weighted by atomic mass is 16.6. The van der Waals surface area contributed by atoms with Gasteiger partial charge >= 0.3 is 23.3 Å². The average molecular weight is 599 g/mol. The Morgan fingerprint density at radius 2 is 0.977 bits per heavy atom. The highest BCUT2D eigenvalue weighted by Gasteiger charge is 2.21. The molecule has 0 amide bonds. The molecular weight excluding hydrogens is 576 g/mol. The Balaban J connectivity index is 1.45. The molecule has 0 saturated heterocycles. The van der Waals surface area contributed by atoms with Crippen LogP contribution in [0.25, 0.3) is 0 Å². The second-order valence-electron chi connectivity index (χ2n) is 8.69. The van der Waals surface area contributed by atoms with Crippen molar-refractivity contribution in [3.8, 4) is 23.0 Å². The summed E-state index contributed by atoms with van der Waals surface area (Å²) in [6, 6.07) is 19.7. The molecule has 4 rings (SSSR count). The predicted octanol–water partition coefficient (Wildman–Crippen LogP) is 5.41. The van der Waals surface area contributed by atoms with Crippen LogP contribution in [0.1, 0.15) is 31.8 Å². The minimum absolute atomic E-state index is 0.170. The number of nitro benzene ring substituents is 2. The fourth-order valence-corrected chi connectivity index (χ4v) is 3.66. The number of hydrogen-bond donors (Lipinski definition) is 0. The van der Waals surface area contributed by atoms with Gasteiger partial charge in [-0.05, 0) is 72.8 Å². The average Bonchev–Trinajstić information content (AvgIpc) is 3.04. The third-order valence-electron chi connectivity index (χ3n) is 5.90. The van der Waals surface area contributed by atoms with Crippen LogP contribution in [0, 0.1) is 20.2 Å². The molecule has 4 aromatic rings. The van der Waals surface area contributed by atoms with Gasteiger partial charge in [-0.15, -0.1) is 0 Å². The molecule has 222 valence electrons. The van der Waals surface area contributed by atoms with Crippen LogP contribution in [0.2, 0.25) is 0 Å². The summed E-state index contributed by atoms with van der Waals surface area (Å²) >= 11 is 0. The summed E-state index contributed by atoms with van der Waals surface area (Å²) in [6.07, 6.45) is 2.41. The molecule has 0 fully saturated rings. The van der Waals surface area contributed by atoms with E-state index in [2.05, 4.69) is 10.2 Å². The van der Waals surface area contributed by atoms with E-state index in [1.165, 1.54) is 75.2 Å². The van der Waals surface area contributed by atoms with Crippen LogP contribution < -0.4 is 18.9 Å². The van der Waals surface area contributed by atoms with E-state index in [-0.39, 0.29) is 33.8 Å². The number of nitro groups is 2. The van der Waals surface area contributed by atoms with Gasteiger partial charge in [0.2, 0.25) is 11.5 Å². The minimum Gasteiger partial charge on any atom is -0.497 e. The number of benzene rings is 4. The summed E-state index contributed by atoms with van der Waals surface area (Å²) in [6.45, 7) is 0. The van der Waals surface area contributed by atoms with Gasteiger partial charge in [-0.1, -0.05) is 0 Å².